The summed E-state index contributed by atoms with van der Waals surface area (Å²) < 4.78 is 0. The van der Waals surface area contributed by atoms with Crippen LogP contribution in [-0.2, 0) is 12.8 Å². The maximum Gasteiger partial charge on any atom is 0.192 e. The number of hydrogen-bond donors (Lipinski definition) is 6. The number of aromatic hydroxyl groups is 3. The predicted molar refractivity (Wildman–Crippen MR) is 120 cm³/mol. The Hall–Kier alpha value is -3.16. The molecule has 30 heavy (non-hydrogen) atoms. The van der Waals surface area contributed by atoms with E-state index in [9.17, 15) is 15.3 Å². The molecule has 2 aromatic heterocycles. The van der Waals surface area contributed by atoms with E-state index in [0.29, 0.717) is 29.4 Å². The van der Waals surface area contributed by atoms with Crippen molar-refractivity contribution in [2.75, 3.05) is 34.2 Å². The molecule has 0 bridgehead atoms. The molecule has 0 amide bonds. The van der Waals surface area contributed by atoms with Crippen LogP contribution < -0.4 is 5.32 Å². The van der Waals surface area contributed by atoms with Crippen LogP contribution in [0.3, 0.4) is 0 Å². The van der Waals surface area contributed by atoms with Gasteiger partial charge in [-0.15, -0.1) is 0 Å². The van der Waals surface area contributed by atoms with E-state index in [1.54, 1.807) is 12.1 Å². The van der Waals surface area contributed by atoms with Crippen molar-refractivity contribution in [3.05, 3.63) is 41.5 Å². The van der Waals surface area contributed by atoms with E-state index in [1.807, 2.05) is 39.3 Å². The zero-order valence-corrected chi connectivity index (χ0v) is 17.5. The van der Waals surface area contributed by atoms with Crippen molar-refractivity contribution in [2.24, 2.45) is 0 Å². The maximum absolute atomic E-state index is 10.6. The van der Waals surface area contributed by atoms with E-state index >= 15 is 0 Å². The van der Waals surface area contributed by atoms with Crippen molar-refractivity contribution in [3.63, 3.8) is 0 Å². The van der Waals surface area contributed by atoms with Gasteiger partial charge in [-0.05, 0) is 70.4 Å². The van der Waals surface area contributed by atoms with Crippen LogP contribution >= 0.6 is 0 Å². The fraction of sp³-hybridized carbons (Fsp3) is 0.304. The molecule has 6 N–H and O–H groups in total. The molecule has 0 spiro atoms. The molecular weight excluding hydrogens is 380 g/mol. The second-order valence-corrected chi connectivity index (χ2v) is 7.92. The Bertz CT molecular complexity index is 1210. The lowest BCUT2D eigenvalue weighted by molar-refractivity contribution is 0.414. The minimum Gasteiger partial charge on any atom is -0.507 e. The van der Waals surface area contributed by atoms with Crippen molar-refractivity contribution in [1.29, 1.82) is 0 Å². The van der Waals surface area contributed by atoms with E-state index in [2.05, 4.69) is 20.2 Å². The van der Waals surface area contributed by atoms with Gasteiger partial charge in [0.15, 0.2) is 5.88 Å². The zero-order valence-electron chi connectivity index (χ0n) is 17.5. The second kappa shape index (κ2) is 7.93. The number of likely N-dealkylation sites (N-methyl/N-ethyl adjacent to an activating group) is 2. The second-order valence-electron chi connectivity index (χ2n) is 7.92. The number of H-pyrrole nitrogens is 2. The minimum absolute atomic E-state index is 0.0665. The Morgan fingerprint density at radius 2 is 1.67 bits per heavy atom. The van der Waals surface area contributed by atoms with Crippen LogP contribution in [0.15, 0.2) is 30.3 Å². The Labute approximate surface area is 175 Å². The van der Waals surface area contributed by atoms with Gasteiger partial charge in [0.25, 0.3) is 0 Å². The first-order chi connectivity index (χ1) is 14.4. The first-order valence-electron chi connectivity index (χ1n) is 10.1. The number of nitrogens with one attached hydrogen (secondary N) is 3. The predicted octanol–water partition coefficient (Wildman–Crippen LogP) is 3.30. The Morgan fingerprint density at radius 1 is 0.900 bits per heavy atom. The van der Waals surface area contributed by atoms with Crippen LogP contribution in [0, 0.1) is 0 Å². The van der Waals surface area contributed by atoms with Gasteiger partial charge >= 0.3 is 0 Å². The van der Waals surface area contributed by atoms with Gasteiger partial charge in [-0.25, -0.2) is 0 Å². The molecule has 4 aromatic rings. The summed E-state index contributed by atoms with van der Waals surface area (Å²) in [4.78, 5) is 8.63. The van der Waals surface area contributed by atoms with Crippen molar-refractivity contribution >= 4 is 21.8 Å². The molecule has 0 saturated carbocycles. The molecule has 0 aliphatic heterocycles. The largest absolute Gasteiger partial charge is 0.507 e. The van der Waals surface area contributed by atoms with E-state index in [1.165, 1.54) is 0 Å². The quantitative estimate of drug-likeness (QED) is 0.281. The monoisotopic (exact) mass is 408 g/mol. The summed E-state index contributed by atoms with van der Waals surface area (Å²) in [5.41, 5.74) is 4.95. The van der Waals surface area contributed by atoms with Crippen LogP contribution in [0.5, 0.6) is 17.4 Å². The molecule has 0 radical (unpaired) electrons. The molecular formula is C23H28N4O3. The highest BCUT2D eigenvalue weighted by Gasteiger charge is 2.22. The van der Waals surface area contributed by atoms with E-state index < -0.39 is 0 Å². The van der Waals surface area contributed by atoms with E-state index in [4.69, 9.17) is 0 Å². The molecule has 4 rings (SSSR count). The van der Waals surface area contributed by atoms with Gasteiger partial charge in [-0.3, -0.25) is 0 Å². The van der Waals surface area contributed by atoms with Gasteiger partial charge in [-0.2, -0.15) is 0 Å². The number of hydrogen-bond acceptors (Lipinski definition) is 5. The average molecular weight is 409 g/mol. The van der Waals surface area contributed by atoms with Gasteiger partial charge in [0.1, 0.15) is 11.5 Å². The first kappa shape index (κ1) is 20.1. The van der Waals surface area contributed by atoms with Gasteiger partial charge in [0, 0.05) is 34.0 Å². The molecule has 2 aromatic carbocycles. The molecule has 7 heteroatoms. The highest BCUT2D eigenvalue weighted by molar-refractivity contribution is 6.04. The molecule has 7 nitrogen and oxygen atoms in total. The summed E-state index contributed by atoms with van der Waals surface area (Å²) in [7, 11) is 5.89. The molecule has 0 aliphatic carbocycles. The van der Waals surface area contributed by atoms with Crippen LogP contribution in [0.1, 0.15) is 11.1 Å². The normalized spacial score (nSPS) is 11.9. The number of fused-ring (bicyclic) bond motifs is 2. The van der Waals surface area contributed by atoms with E-state index in [-0.39, 0.29) is 17.4 Å². The molecule has 0 unspecified atom stereocenters. The number of nitrogens with zero attached hydrogens (tertiary/aromatic N) is 1. The minimum atomic E-state index is 0.0665. The molecule has 0 fully saturated rings. The van der Waals surface area contributed by atoms with Crippen molar-refractivity contribution in [3.8, 4) is 28.6 Å². The number of phenols is 2. The lowest BCUT2D eigenvalue weighted by Gasteiger charge is -2.12. The van der Waals surface area contributed by atoms with Gasteiger partial charge in [-0.1, -0.05) is 6.07 Å². The van der Waals surface area contributed by atoms with Crippen LogP contribution in [0.25, 0.3) is 33.1 Å². The smallest absolute Gasteiger partial charge is 0.192 e. The molecule has 0 saturated heterocycles. The third kappa shape index (κ3) is 3.36. The standard InChI is InChI=1S/C23H28N4O3/c1-24-11-9-14-20-18(29)8-7-15(22(20)26-23(14)30)21-13(10-12-27(2)3)19-16(25-21)5-4-6-17(19)28/h4-8,24-26,28-30H,9-12H2,1-3H3. The summed E-state index contributed by atoms with van der Waals surface area (Å²) >= 11 is 0. The summed E-state index contributed by atoms with van der Waals surface area (Å²) in [6.45, 7) is 1.50. The third-order valence-corrected chi connectivity index (χ3v) is 5.62. The molecule has 0 atom stereocenters. The van der Waals surface area contributed by atoms with Gasteiger partial charge in [0.2, 0.25) is 0 Å². The fourth-order valence-corrected chi connectivity index (χ4v) is 4.15. The Morgan fingerprint density at radius 3 is 2.40 bits per heavy atom. The van der Waals surface area contributed by atoms with Crippen molar-refractivity contribution < 1.29 is 15.3 Å². The third-order valence-electron chi connectivity index (χ3n) is 5.62. The van der Waals surface area contributed by atoms with E-state index in [0.717, 1.165) is 40.7 Å². The Kier molecular flexibility index (Phi) is 5.32. The number of aromatic nitrogens is 2. The number of aromatic amines is 2. The molecule has 0 aliphatic rings. The average Bonchev–Trinajstić information content (AvgIpc) is 3.24. The van der Waals surface area contributed by atoms with Crippen molar-refractivity contribution in [2.45, 2.75) is 12.8 Å². The van der Waals surface area contributed by atoms with Gasteiger partial charge < -0.3 is 35.5 Å². The highest BCUT2D eigenvalue weighted by Crippen LogP contribution is 2.43. The van der Waals surface area contributed by atoms with Crippen LogP contribution in [0.4, 0.5) is 0 Å². The van der Waals surface area contributed by atoms with Crippen LogP contribution in [-0.4, -0.2) is 64.4 Å². The maximum atomic E-state index is 10.6. The molecule has 158 valence electrons. The summed E-state index contributed by atoms with van der Waals surface area (Å²) in [5, 5.41) is 36.2. The number of rotatable bonds is 7. The SMILES string of the molecule is CNCCc1c(O)[nH]c2c(-c3[nH]c4cccc(O)c4c3CCN(C)C)ccc(O)c12. The zero-order chi connectivity index (χ0) is 21.4. The summed E-state index contributed by atoms with van der Waals surface area (Å²) in [6.07, 6.45) is 1.32. The lowest BCUT2D eigenvalue weighted by Crippen LogP contribution is -2.15. The summed E-state index contributed by atoms with van der Waals surface area (Å²) in [6, 6.07) is 8.96. The molecule has 2 heterocycles. The highest BCUT2D eigenvalue weighted by atomic mass is 16.3. The summed E-state index contributed by atoms with van der Waals surface area (Å²) in [5.74, 6) is 0.435. The number of benzene rings is 2. The van der Waals surface area contributed by atoms with Gasteiger partial charge in [0.05, 0.1) is 11.2 Å². The van der Waals surface area contributed by atoms with Crippen LogP contribution in [0.2, 0.25) is 0 Å². The number of phenolic OH excluding ortho intramolecular Hbond substituents is 2. The Balaban J connectivity index is 1.97. The fourth-order valence-electron chi connectivity index (χ4n) is 4.15. The lowest BCUT2D eigenvalue weighted by atomic mass is 9.98. The van der Waals surface area contributed by atoms with Crippen molar-refractivity contribution in [1.82, 2.24) is 20.2 Å². The first-order valence-corrected chi connectivity index (χ1v) is 10.1. The topological polar surface area (TPSA) is 108 Å².